The molecule has 3 heteroatoms. The van der Waals surface area contributed by atoms with Crippen molar-refractivity contribution in [2.24, 2.45) is 0 Å². The van der Waals surface area contributed by atoms with Gasteiger partial charge in [0.2, 0.25) is 0 Å². The van der Waals surface area contributed by atoms with E-state index in [1.165, 1.54) is 12.1 Å². The molecule has 0 bridgehead atoms. The summed E-state index contributed by atoms with van der Waals surface area (Å²) < 4.78 is 12.9. The van der Waals surface area contributed by atoms with Crippen LogP contribution in [0, 0.1) is 5.82 Å². The maximum atomic E-state index is 12.9. The summed E-state index contributed by atoms with van der Waals surface area (Å²) in [5.41, 5.74) is -0.193. The zero-order valence-corrected chi connectivity index (χ0v) is 7.71. The normalized spacial score (nSPS) is 11.7. The Kier molecular flexibility index (Phi) is 2.57. The molecule has 1 rings (SSSR count). The van der Waals surface area contributed by atoms with Gasteiger partial charge in [-0.25, -0.2) is 4.39 Å². The Labute approximate surface area is 76.6 Å². The van der Waals surface area contributed by atoms with E-state index in [0.29, 0.717) is 5.56 Å². The predicted molar refractivity (Wildman–Crippen MR) is 48.2 cm³/mol. The van der Waals surface area contributed by atoms with Gasteiger partial charge in [0.25, 0.3) is 0 Å². The Morgan fingerprint density at radius 1 is 1.38 bits per heavy atom. The lowest BCUT2D eigenvalue weighted by atomic mass is 9.85. The molecule has 0 unspecified atom stereocenters. The van der Waals surface area contributed by atoms with Gasteiger partial charge < -0.3 is 10.2 Å². The van der Waals surface area contributed by atoms with Gasteiger partial charge in [0.15, 0.2) is 11.6 Å². The van der Waals surface area contributed by atoms with Crippen molar-refractivity contribution in [3.8, 4) is 5.75 Å². The van der Waals surface area contributed by atoms with Crippen molar-refractivity contribution in [3.05, 3.63) is 29.6 Å². The van der Waals surface area contributed by atoms with E-state index in [1.807, 2.05) is 0 Å². The highest BCUT2D eigenvalue weighted by Crippen LogP contribution is 2.31. The third-order valence-electron chi connectivity index (χ3n) is 2.11. The third-order valence-corrected chi connectivity index (χ3v) is 2.11. The lowest BCUT2D eigenvalue weighted by molar-refractivity contribution is 0.214. The zero-order valence-electron chi connectivity index (χ0n) is 7.71. The Bertz CT molecular complexity index is 308. The van der Waals surface area contributed by atoms with E-state index in [-0.39, 0.29) is 12.4 Å². The van der Waals surface area contributed by atoms with E-state index >= 15 is 0 Å². The Morgan fingerprint density at radius 2 is 2.00 bits per heavy atom. The summed E-state index contributed by atoms with van der Waals surface area (Å²) in [5.74, 6) is -1.03. The molecule has 1 aromatic rings. The first-order chi connectivity index (χ1) is 5.99. The van der Waals surface area contributed by atoms with Crippen LogP contribution in [0.1, 0.15) is 19.4 Å². The second kappa shape index (κ2) is 3.34. The minimum Gasteiger partial charge on any atom is -0.505 e. The van der Waals surface area contributed by atoms with E-state index in [0.717, 1.165) is 0 Å². The molecule has 1 aromatic carbocycles. The number of rotatable bonds is 2. The maximum Gasteiger partial charge on any atom is 0.165 e. The van der Waals surface area contributed by atoms with Gasteiger partial charge in [-0.15, -0.1) is 0 Å². The first-order valence-electron chi connectivity index (χ1n) is 4.08. The van der Waals surface area contributed by atoms with Crippen molar-refractivity contribution >= 4 is 0 Å². The van der Waals surface area contributed by atoms with E-state index in [1.54, 1.807) is 19.9 Å². The predicted octanol–water partition coefficient (Wildman–Crippen LogP) is 1.80. The van der Waals surface area contributed by atoms with Crippen LogP contribution in [0.3, 0.4) is 0 Å². The highest BCUT2D eigenvalue weighted by Gasteiger charge is 2.24. The first-order valence-corrected chi connectivity index (χ1v) is 4.08. The topological polar surface area (TPSA) is 40.5 Å². The van der Waals surface area contributed by atoms with Gasteiger partial charge in [-0.2, -0.15) is 0 Å². The highest BCUT2D eigenvalue weighted by atomic mass is 19.1. The van der Waals surface area contributed by atoms with Crippen LogP contribution in [-0.4, -0.2) is 16.8 Å². The fourth-order valence-corrected chi connectivity index (χ4v) is 1.15. The number of aliphatic hydroxyl groups excluding tert-OH is 1. The molecule has 0 saturated heterocycles. The summed E-state index contributed by atoms with van der Waals surface area (Å²) in [6, 6.07) is 4.31. The van der Waals surface area contributed by atoms with Crippen molar-refractivity contribution in [2.45, 2.75) is 19.3 Å². The largest absolute Gasteiger partial charge is 0.505 e. The number of aliphatic hydroxyl groups is 1. The minimum atomic E-state index is -0.654. The molecule has 0 aliphatic rings. The molecule has 0 amide bonds. The number of para-hydroxylation sites is 1. The summed E-state index contributed by atoms with van der Waals surface area (Å²) in [7, 11) is 0. The van der Waals surface area contributed by atoms with Gasteiger partial charge in [-0.1, -0.05) is 26.0 Å². The van der Waals surface area contributed by atoms with Gasteiger partial charge in [-0.3, -0.25) is 0 Å². The fraction of sp³-hybridized carbons (Fsp3) is 0.400. The molecule has 2 nitrogen and oxygen atoms in total. The molecular formula is C10H13FO2. The summed E-state index contributed by atoms with van der Waals surface area (Å²) >= 11 is 0. The van der Waals surface area contributed by atoms with Crippen molar-refractivity contribution in [1.82, 2.24) is 0 Å². The second-order valence-corrected chi connectivity index (χ2v) is 3.68. The average molecular weight is 184 g/mol. The lowest BCUT2D eigenvalue weighted by Crippen LogP contribution is -2.22. The molecule has 0 aliphatic carbocycles. The number of phenols is 1. The molecule has 0 aliphatic heterocycles. The van der Waals surface area contributed by atoms with Crippen molar-refractivity contribution in [2.75, 3.05) is 6.61 Å². The van der Waals surface area contributed by atoms with Gasteiger partial charge in [0.1, 0.15) is 0 Å². The van der Waals surface area contributed by atoms with Crippen LogP contribution < -0.4 is 0 Å². The monoisotopic (exact) mass is 184 g/mol. The van der Waals surface area contributed by atoms with Crippen LogP contribution >= 0.6 is 0 Å². The molecule has 13 heavy (non-hydrogen) atoms. The van der Waals surface area contributed by atoms with Gasteiger partial charge in [0.05, 0.1) is 6.61 Å². The molecule has 0 heterocycles. The number of halogens is 1. The van der Waals surface area contributed by atoms with E-state index in [9.17, 15) is 9.50 Å². The number of hydrogen-bond donors (Lipinski definition) is 2. The quantitative estimate of drug-likeness (QED) is 0.735. The Morgan fingerprint density at radius 3 is 2.54 bits per heavy atom. The molecule has 2 N–H and O–H groups in total. The SMILES string of the molecule is CC(C)(CO)c1cccc(F)c1O. The highest BCUT2D eigenvalue weighted by molar-refractivity contribution is 5.38. The molecule has 0 atom stereocenters. The maximum absolute atomic E-state index is 12.9. The van der Waals surface area contributed by atoms with E-state index in [2.05, 4.69) is 0 Å². The number of benzene rings is 1. The first kappa shape index (κ1) is 9.99. The average Bonchev–Trinajstić information content (AvgIpc) is 2.09. The summed E-state index contributed by atoms with van der Waals surface area (Å²) in [6.45, 7) is 3.34. The smallest absolute Gasteiger partial charge is 0.165 e. The van der Waals surface area contributed by atoms with E-state index < -0.39 is 11.2 Å². The Hall–Kier alpha value is -1.09. The number of hydrogen-bond acceptors (Lipinski definition) is 2. The zero-order chi connectivity index (χ0) is 10.1. The van der Waals surface area contributed by atoms with Crippen LogP contribution in [0.4, 0.5) is 4.39 Å². The summed E-state index contributed by atoms with van der Waals surface area (Å²) in [6.07, 6.45) is 0. The van der Waals surface area contributed by atoms with Crippen LogP contribution in [0.25, 0.3) is 0 Å². The molecule has 0 spiro atoms. The molecule has 0 fully saturated rings. The lowest BCUT2D eigenvalue weighted by Gasteiger charge is -2.23. The van der Waals surface area contributed by atoms with Crippen LogP contribution in [-0.2, 0) is 5.41 Å². The summed E-state index contributed by atoms with van der Waals surface area (Å²) in [4.78, 5) is 0. The van der Waals surface area contributed by atoms with Gasteiger partial charge in [-0.05, 0) is 6.07 Å². The third kappa shape index (κ3) is 1.80. The summed E-state index contributed by atoms with van der Waals surface area (Å²) in [5, 5.41) is 18.4. The minimum absolute atomic E-state index is 0.135. The molecule has 0 radical (unpaired) electrons. The van der Waals surface area contributed by atoms with Crippen LogP contribution in [0.15, 0.2) is 18.2 Å². The number of aromatic hydroxyl groups is 1. The second-order valence-electron chi connectivity index (χ2n) is 3.68. The molecule has 0 saturated carbocycles. The standard InChI is InChI=1S/C10H13FO2/c1-10(2,6-12)7-4-3-5-8(11)9(7)13/h3-5,12-13H,6H2,1-2H3. The van der Waals surface area contributed by atoms with Gasteiger partial charge >= 0.3 is 0 Å². The van der Waals surface area contributed by atoms with Crippen molar-refractivity contribution in [1.29, 1.82) is 0 Å². The fourth-order valence-electron chi connectivity index (χ4n) is 1.15. The molecule has 0 aromatic heterocycles. The van der Waals surface area contributed by atoms with Crippen molar-refractivity contribution in [3.63, 3.8) is 0 Å². The van der Waals surface area contributed by atoms with Gasteiger partial charge in [0, 0.05) is 11.0 Å². The molecular weight excluding hydrogens is 171 g/mol. The number of phenolic OH excluding ortho intramolecular Hbond substituents is 1. The van der Waals surface area contributed by atoms with Crippen LogP contribution in [0.2, 0.25) is 0 Å². The van der Waals surface area contributed by atoms with E-state index in [4.69, 9.17) is 5.11 Å². The van der Waals surface area contributed by atoms with Crippen molar-refractivity contribution < 1.29 is 14.6 Å². The Balaban J connectivity index is 3.22. The molecule has 72 valence electrons. The van der Waals surface area contributed by atoms with Crippen LogP contribution in [0.5, 0.6) is 5.75 Å².